The molecule has 4 unspecified atom stereocenters. The molecule has 0 aromatic heterocycles. The van der Waals surface area contributed by atoms with Crippen LogP contribution in [0.15, 0.2) is 0 Å². The van der Waals surface area contributed by atoms with Crippen LogP contribution in [0.1, 0.15) is 45.4 Å². The summed E-state index contributed by atoms with van der Waals surface area (Å²) in [7, 11) is 1.44. The molecule has 4 atom stereocenters. The molecule has 0 spiro atoms. The van der Waals surface area contributed by atoms with Crippen molar-refractivity contribution in [3.63, 3.8) is 0 Å². The SMILES string of the molecule is COC(=O)C1CCN(CC(=O)NC(C)C2CC3CCC2C3)CC1. The van der Waals surface area contributed by atoms with Crippen LogP contribution in [0.4, 0.5) is 0 Å². The Morgan fingerprint density at radius 2 is 1.91 bits per heavy atom. The lowest BCUT2D eigenvalue weighted by Gasteiger charge is -2.32. The third-order valence-electron chi connectivity index (χ3n) is 6.31. The fourth-order valence-corrected chi connectivity index (χ4v) is 5.01. The summed E-state index contributed by atoms with van der Waals surface area (Å²) < 4.78 is 4.80. The van der Waals surface area contributed by atoms with Gasteiger partial charge >= 0.3 is 5.97 Å². The number of rotatable bonds is 5. The van der Waals surface area contributed by atoms with Crippen LogP contribution in [-0.2, 0) is 14.3 Å². The Bertz CT molecular complexity index is 446. The summed E-state index contributed by atoms with van der Waals surface area (Å²) in [5.74, 6) is 2.47. The highest BCUT2D eigenvalue weighted by molar-refractivity contribution is 5.78. The number of methoxy groups -OCH3 is 1. The van der Waals surface area contributed by atoms with Crippen LogP contribution >= 0.6 is 0 Å². The van der Waals surface area contributed by atoms with Gasteiger partial charge in [-0.3, -0.25) is 14.5 Å². The highest BCUT2D eigenvalue weighted by atomic mass is 16.5. The maximum absolute atomic E-state index is 12.3. The van der Waals surface area contributed by atoms with Gasteiger partial charge in [-0.1, -0.05) is 6.42 Å². The van der Waals surface area contributed by atoms with Crippen LogP contribution in [0.5, 0.6) is 0 Å². The first-order valence-electron chi connectivity index (χ1n) is 9.16. The topological polar surface area (TPSA) is 58.6 Å². The summed E-state index contributed by atoms with van der Waals surface area (Å²) in [4.78, 5) is 26.0. The zero-order chi connectivity index (χ0) is 16.4. The van der Waals surface area contributed by atoms with Gasteiger partial charge in [0.1, 0.15) is 0 Å². The summed E-state index contributed by atoms with van der Waals surface area (Å²) in [5, 5.41) is 3.23. The average molecular weight is 322 g/mol. The number of likely N-dealkylation sites (tertiary alicyclic amines) is 1. The molecule has 1 heterocycles. The fraction of sp³-hybridized carbons (Fsp3) is 0.889. The molecule has 130 valence electrons. The first-order valence-corrected chi connectivity index (χ1v) is 9.16. The van der Waals surface area contributed by atoms with E-state index in [1.165, 1.54) is 32.8 Å². The smallest absolute Gasteiger partial charge is 0.308 e. The first-order chi connectivity index (χ1) is 11.1. The zero-order valence-corrected chi connectivity index (χ0v) is 14.4. The van der Waals surface area contributed by atoms with E-state index in [-0.39, 0.29) is 17.8 Å². The number of hydrogen-bond acceptors (Lipinski definition) is 4. The molecule has 5 nitrogen and oxygen atoms in total. The third kappa shape index (κ3) is 3.87. The van der Waals surface area contributed by atoms with Crippen molar-refractivity contribution >= 4 is 11.9 Å². The summed E-state index contributed by atoms with van der Waals surface area (Å²) in [5.41, 5.74) is 0. The van der Waals surface area contributed by atoms with E-state index in [9.17, 15) is 9.59 Å². The van der Waals surface area contributed by atoms with Crippen LogP contribution in [0.3, 0.4) is 0 Å². The molecule has 1 saturated heterocycles. The van der Waals surface area contributed by atoms with Crippen molar-refractivity contribution in [1.29, 1.82) is 0 Å². The molecule has 0 radical (unpaired) electrons. The van der Waals surface area contributed by atoms with E-state index in [1.807, 2.05) is 0 Å². The van der Waals surface area contributed by atoms with E-state index < -0.39 is 0 Å². The molecule has 2 bridgehead atoms. The molecule has 1 aliphatic heterocycles. The molecule has 1 amide bonds. The third-order valence-corrected chi connectivity index (χ3v) is 6.31. The van der Waals surface area contributed by atoms with E-state index in [0.717, 1.165) is 37.8 Å². The van der Waals surface area contributed by atoms with Crippen molar-refractivity contribution in [2.24, 2.45) is 23.7 Å². The fourth-order valence-electron chi connectivity index (χ4n) is 5.01. The molecule has 3 aliphatic rings. The Morgan fingerprint density at radius 1 is 1.17 bits per heavy atom. The van der Waals surface area contributed by atoms with E-state index in [2.05, 4.69) is 17.1 Å². The Kier molecular flexibility index (Phi) is 5.24. The minimum Gasteiger partial charge on any atom is -0.469 e. The first kappa shape index (κ1) is 16.7. The summed E-state index contributed by atoms with van der Waals surface area (Å²) >= 11 is 0. The minimum atomic E-state index is -0.112. The highest BCUT2D eigenvalue weighted by Gasteiger charge is 2.42. The molecule has 5 heteroatoms. The summed E-state index contributed by atoms with van der Waals surface area (Å²) in [6.07, 6.45) is 7.03. The normalized spacial score (nSPS) is 32.7. The minimum absolute atomic E-state index is 0.00673. The van der Waals surface area contributed by atoms with Crippen molar-refractivity contribution in [3.8, 4) is 0 Å². The Morgan fingerprint density at radius 3 is 2.48 bits per heavy atom. The van der Waals surface area contributed by atoms with Crippen LogP contribution in [0.25, 0.3) is 0 Å². The standard InChI is InChI=1S/C18H30N2O3/c1-12(16-10-13-3-4-15(16)9-13)19-17(21)11-20-7-5-14(6-8-20)18(22)23-2/h12-16H,3-11H2,1-2H3,(H,19,21). The Balaban J connectivity index is 1.39. The van der Waals surface area contributed by atoms with Gasteiger partial charge in [0.25, 0.3) is 0 Å². The second kappa shape index (κ2) is 7.20. The van der Waals surface area contributed by atoms with Crippen LogP contribution < -0.4 is 5.32 Å². The molecule has 0 aromatic carbocycles. The summed E-state index contributed by atoms with van der Waals surface area (Å²) in [6, 6.07) is 0.297. The molecule has 3 rings (SSSR count). The number of esters is 1. The van der Waals surface area contributed by atoms with Crippen molar-refractivity contribution in [3.05, 3.63) is 0 Å². The number of fused-ring (bicyclic) bond motifs is 2. The summed E-state index contributed by atoms with van der Waals surface area (Å²) in [6.45, 7) is 4.23. The quantitative estimate of drug-likeness (QED) is 0.784. The van der Waals surface area contributed by atoms with Crippen LogP contribution in [-0.4, -0.2) is 49.6 Å². The maximum Gasteiger partial charge on any atom is 0.308 e. The second-order valence-corrected chi connectivity index (χ2v) is 7.77. The molecule has 0 aromatic rings. The van der Waals surface area contributed by atoms with Crippen LogP contribution in [0, 0.1) is 23.7 Å². The number of nitrogens with zero attached hydrogens (tertiary/aromatic N) is 1. The van der Waals surface area contributed by atoms with Gasteiger partial charge in [-0.25, -0.2) is 0 Å². The molecule has 1 N–H and O–H groups in total. The van der Waals surface area contributed by atoms with Gasteiger partial charge in [-0.2, -0.15) is 0 Å². The highest BCUT2D eigenvalue weighted by Crippen LogP contribution is 2.49. The molecular formula is C18H30N2O3. The monoisotopic (exact) mass is 322 g/mol. The van der Waals surface area contributed by atoms with E-state index in [1.54, 1.807) is 0 Å². The van der Waals surface area contributed by atoms with Gasteiger partial charge in [-0.15, -0.1) is 0 Å². The largest absolute Gasteiger partial charge is 0.469 e. The lowest BCUT2D eigenvalue weighted by atomic mass is 9.84. The number of ether oxygens (including phenoxy) is 1. The number of hydrogen-bond donors (Lipinski definition) is 1. The number of nitrogens with one attached hydrogen (secondary N) is 1. The molecule has 23 heavy (non-hydrogen) atoms. The van der Waals surface area contributed by atoms with Crippen molar-refractivity contribution in [2.45, 2.75) is 51.5 Å². The number of piperidine rings is 1. The van der Waals surface area contributed by atoms with Gasteiger partial charge < -0.3 is 10.1 Å². The van der Waals surface area contributed by atoms with E-state index in [0.29, 0.717) is 18.5 Å². The van der Waals surface area contributed by atoms with Crippen LogP contribution in [0.2, 0.25) is 0 Å². The van der Waals surface area contributed by atoms with E-state index >= 15 is 0 Å². The molecule has 2 saturated carbocycles. The lowest BCUT2D eigenvalue weighted by Crippen LogP contribution is -2.47. The predicted molar refractivity (Wildman–Crippen MR) is 87.7 cm³/mol. The number of carbonyl (C=O) groups is 2. The van der Waals surface area contributed by atoms with Gasteiger partial charge in [0.15, 0.2) is 0 Å². The second-order valence-electron chi connectivity index (χ2n) is 7.77. The predicted octanol–water partition coefficient (Wildman–Crippen LogP) is 1.81. The van der Waals surface area contributed by atoms with Crippen molar-refractivity contribution in [2.75, 3.05) is 26.7 Å². The van der Waals surface area contributed by atoms with Gasteiger partial charge in [0, 0.05) is 6.04 Å². The zero-order valence-electron chi connectivity index (χ0n) is 14.4. The molecular weight excluding hydrogens is 292 g/mol. The van der Waals surface area contributed by atoms with Gasteiger partial charge in [0.2, 0.25) is 5.91 Å². The number of carbonyl (C=O) groups excluding carboxylic acids is 2. The molecule has 3 fully saturated rings. The lowest BCUT2D eigenvalue weighted by molar-refractivity contribution is -0.147. The maximum atomic E-state index is 12.3. The average Bonchev–Trinajstić information content (AvgIpc) is 3.17. The van der Waals surface area contributed by atoms with Gasteiger partial charge in [-0.05, 0) is 69.9 Å². The molecule has 2 aliphatic carbocycles. The van der Waals surface area contributed by atoms with Crippen molar-refractivity contribution < 1.29 is 14.3 Å². The van der Waals surface area contributed by atoms with Gasteiger partial charge in [0.05, 0.1) is 19.6 Å². The Hall–Kier alpha value is -1.10. The number of amides is 1. The Labute approximate surface area is 139 Å². The van der Waals surface area contributed by atoms with Crippen molar-refractivity contribution in [1.82, 2.24) is 10.2 Å². The van der Waals surface area contributed by atoms with E-state index in [4.69, 9.17) is 4.74 Å².